The molecule has 1 aromatic carbocycles. The number of para-hydroxylation sites is 1. The van der Waals surface area contributed by atoms with Gasteiger partial charge >= 0.3 is 5.97 Å². The summed E-state index contributed by atoms with van der Waals surface area (Å²) in [5, 5.41) is 0. The molecule has 1 unspecified atom stereocenters. The van der Waals surface area contributed by atoms with E-state index in [9.17, 15) is 4.79 Å². The van der Waals surface area contributed by atoms with E-state index in [1.54, 1.807) is 13.8 Å². The normalized spacial score (nSPS) is 11.8. The minimum Gasteiger partial charge on any atom is -0.455 e. The molecule has 0 saturated carbocycles. The highest BCUT2D eigenvalue weighted by Crippen LogP contribution is 2.22. The number of rotatable bonds is 12. The Labute approximate surface area is 147 Å². The molecule has 1 aromatic rings. The van der Waals surface area contributed by atoms with Gasteiger partial charge in [-0.1, -0.05) is 70.2 Å². The summed E-state index contributed by atoms with van der Waals surface area (Å²) in [5.41, 5.74) is 1.55. The first-order chi connectivity index (χ1) is 11.5. The minimum atomic E-state index is -0.621. The maximum Gasteiger partial charge on any atom is 0.336 e. The van der Waals surface area contributed by atoms with Gasteiger partial charge in [-0.25, -0.2) is 4.79 Å². The van der Waals surface area contributed by atoms with Gasteiger partial charge < -0.3 is 9.47 Å². The Morgan fingerprint density at radius 3 is 2.38 bits per heavy atom. The highest BCUT2D eigenvalue weighted by Gasteiger charge is 2.13. The van der Waals surface area contributed by atoms with Gasteiger partial charge in [0.1, 0.15) is 5.75 Å². The molecule has 0 bridgehead atoms. The lowest BCUT2D eigenvalue weighted by Gasteiger charge is -2.17. The lowest BCUT2D eigenvalue weighted by molar-refractivity contribution is -0.156. The first kappa shape index (κ1) is 20.3. The summed E-state index contributed by atoms with van der Waals surface area (Å²) in [5.74, 6) is 0.373. The summed E-state index contributed by atoms with van der Waals surface area (Å²) in [6.45, 7) is 9.18. The molecule has 1 rings (SSSR count). The molecule has 0 saturated heterocycles. The fourth-order valence-corrected chi connectivity index (χ4v) is 2.55. The third-order valence-corrected chi connectivity index (χ3v) is 3.94. The molecule has 1 atom stereocenters. The van der Waals surface area contributed by atoms with E-state index in [-0.39, 0.29) is 0 Å². The number of benzene rings is 1. The molecule has 0 aliphatic carbocycles. The Hall–Kier alpha value is -1.77. The van der Waals surface area contributed by atoms with Crippen LogP contribution in [0, 0.1) is 0 Å². The average Bonchev–Trinajstić information content (AvgIpc) is 2.55. The molecule has 3 nitrogen and oxygen atoms in total. The molecule has 0 radical (unpaired) electrons. The largest absolute Gasteiger partial charge is 0.455 e. The van der Waals surface area contributed by atoms with E-state index >= 15 is 0 Å². The van der Waals surface area contributed by atoms with Gasteiger partial charge in [-0.15, -0.1) is 0 Å². The topological polar surface area (TPSA) is 35.5 Å². The van der Waals surface area contributed by atoms with Crippen molar-refractivity contribution < 1.29 is 14.3 Å². The highest BCUT2D eigenvalue weighted by atomic mass is 16.7. The first-order valence-electron chi connectivity index (χ1n) is 9.15. The molecular weight excluding hydrogens is 300 g/mol. The number of hydrogen-bond donors (Lipinski definition) is 0. The Kier molecular flexibility index (Phi) is 9.90. The van der Waals surface area contributed by atoms with Gasteiger partial charge in [0.15, 0.2) is 0 Å². The summed E-state index contributed by atoms with van der Waals surface area (Å²) < 4.78 is 11.0. The van der Waals surface area contributed by atoms with Crippen LogP contribution in [-0.2, 0) is 16.0 Å². The number of unbranched alkanes of at least 4 members (excludes halogenated alkanes) is 6. The van der Waals surface area contributed by atoms with Crippen LogP contribution in [0.15, 0.2) is 36.4 Å². The van der Waals surface area contributed by atoms with Crippen molar-refractivity contribution in [2.45, 2.75) is 78.4 Å². The SMILES string of the molecule is C=C(C)C(=O)OC(C)Oc1ccccc1CCCCCCCCC. The maximum absolute atomic E-state index is 11.5. The molecule has 134 valence electrons. The van der Waals surface area contributed by atoms with E-state index in [0.717, 1.165) is 18.6 Å². The van der Waals surface area contributed by atoms with E-state index < -0.39 is 12.3 Å². The van der Waals surface area contributed by atoms with Gasteiger partial charge in [-0.3, -0.25) is 0 Å². The summed E-state index contributed by atoms with van der Waals surface area (Å²) in [7, 11) is 0. The Morgan fingerprint density at radius 1 is 1.08 bits per heavy atom. The predicted octanol–water partition coefficient (Wildman–Crippen LogP) is 5.82. The quantitative estimate of drug-likeness (QED) is 0.209. The monoisotopic (exact) mass is 332 g/mol. The zero-order valence-corrected chi connectivity index (χ0v) is 15.5. The average molecular weight is 332 g/mol. The smallest absolute Gasteiger partial charge is 0.336 e. The second-order valence-corrected chi connectivity index (χ2v) is 6.35. The Bertz CT molecular complexity index is 508. The Balaban J connectivity index is 2.41. The van der Waals surface area contributed by atoms with Gasteiger partial charge in [-0.2, -0.15) is 0 Å². The number of hydrogen-bond acceptors (Lipinski definition) is 3. The molecule has 0 spiro atoms. The van der Waals surface area contributed by atoms with Crippen molar-refractivity contribution in [3.63, 3.8) is 0 Å². The van der Waals surface area contributed by atoms with Crippen LogP contribution < -0.4 is 4.74 Å². The van der Waals surface area contributed by atoms with Crippen molar-refractivity contribution in [2.75, 3.05) is 0 Å². The Morgan fingerprint density at radius 2 is 1.71 bits per heavy atom. The van der Waals surface area contributed by atoms with Gasteiger partial charge in [0.2, 0.25) is 6.29 Å². The van der Waals surface area contributed by atoms with E-state index in [4.69, 9.17) is 9.47 Å². The second-order valence-electron chi connectivity index (χ2n) is 6.35. The van der Waals surface area contributed by atoms with Crippen LogP contribution in [-0.4, -0.2) is 12.3 Å². The third-order valence-electron chi connectivity index (χ3n) is 3.94. The molecule has 3 heteroatoms. The zero-order chi connectivity index (χ0) is 17.8. The van der Waals surface area contributed by atoms with Crippen molar-refractivity contribution in [1.82, 2.24) is 0 Å². The van der Waals surface area contributed by atoms with E-state index in [0.29, 0.717) is 5.57 Å². The van der Waals surface area contributed by atoms with Crippen LogP contribution in [0.25, 0.3) is 0 Å². The fraction of sp³-hybridized carbons (Fsp3) is 0.571. The molecule has 0 fully saturated rings. The number of aryl methyl sites for hydroxylation is 1. The molecular formula is C21H32O3. The van der Waals surface area contributed by atoms with Crippen LogP contribution in [0.2, 0.25) is 0 Å². The van der Waals surface area contributed by atoms with Crippen molar-refractivity contribution in [3.8, 4) is 5.75 Å². The molecule has 0 aliphatic heterocycles. The van der Waals surface area contributed by atoms with Crippen molar-refractivity contribution >= 4 is 5.97 Å². The van der Waals surface area contributed by atoms with Gasteiger partial charge in [0.05, 0.1) is 0 Å². The fourth-order valence-electron chi connectivity index (χ4n) is 2.55. The van der Waals surface area contributed by atoms with Crippen LogP contribution in [0.1, 0.15) is 71.3 Å². The van der Waals surface area contributed by atoms with Crippen molar-refractivity contribution in [2.24, 2.45) is 0 Å². The van der Waals surface area contributed by atoms with E-state index in [2.05, 4.69) is 19.6 Å². The number of esters is 1. The molecule has 0 aromatic heterocycles. The minimum absolute atomic E-state index is 0.377. The van der Waals surface area contributed by atoms with E-state index in [1.807, 2.05) is 18.2 Å². The van der Waals surface area contributed by atoms with Gasteiger partial charge in [0.25, 0.3) is 0 Å². The second kappa shape index (κ2) is 11.7. The molecule has 0 aliphatic rings. The van der Waals surface area contributed by atoms with Crippen molar-refractivity contribution in [3.05, 3.63) is 42.0 Å². The standard InChI is InChI=1S/C21H32O3/c1-5-6-7-8-9-10-11-14-19-15-12-13-16-20(19)23-18(4)24-21(22)17(2)3/h12-13,15-16,18H,2,5-11,14H2,1,3-4H3. The lowest BCUT2D eigenvalue weighted by atomic mass is 10.0. The highest BCUT2D eigenvalue weighted by molar-refractivity contribution is 5.87. The summed E-state index contributed by atoms with van der Waals surface area (Å²) >= 11 is 0. The number of ether oxygens (including phenoxy) is 2. The van der Waals surface area contributed by atoms with Crippen LogP contribution >= 0.6 is 0 Å². The number of carbonyl (C=O) groups is 1. The summed E-state index contributed by atoms with van der Waals surface area (Å²) in [4.78, 5) is 11.5. The van der Waals surface area contributed by atoms with Crippen LogP contribution in [0.4, 0.5) is 0 Å². The van der Waals surface area contributed by atoms with Crippen LogP contribution in [0.5, 0.6) is 5.75 Å². The maximum atomic E-state index is 11.5. The van der Waals surface area contributed by atoms with Crippen molar-refractivity contribution in [1.29, 1.82) is 0 Å². The lowest BCUT2D eigenvalue weighted by Crippen LogP contribution is -2.21. The predicted molar refractivity (Wildman–Crippen MR) is 99.1 cm³/mol. The molecule has 0 heterocycles. The van der Waals surface area contributed by atoms with E-state index in [1.165, 1.54) is 44.1 Å². The number of carbonyl (C=O) groups excluding carboxylic acids is 1. The van der Waals surface area contributed by atoms with Gasteiger partial charge in [0, 0.05) is 12.5 Å². The molecule has 24 heavy (non-hydrogen) atoms. The first-order valence-corrected chi connectivity index (χ1v) is 9.15. The third kappa shape index (κ3) is 8.19. The molecule has 0 amide bonds. The zero-order valence-electron chi connectivity index (χ0n) is 15.5. The van der Waals surface area contributed by atoms with Gasteiger partial charge in [-0.05, 0) is 31.4 Å². The summed E-state index contributed by atoms with van der Waals surface area (Å²) in [6, 6.07) is 7.98. The van der Waals surface area contributed by atoms with Crippen LogP contribution in [0.3, 0.4) is 0 Å². The molecule has 0 N–H and O–H groups in total. The summed E-state index contributed by atoms with van der Waals surface area (Å²) in [6.07, 6.45) is 9.40.